The van der Waals surface area contributed by atoms with Gasteiger partial charge in [0.05, 0.1) is 5.69 Å². The largest absolute Gasteiger partial charge is 0.356 e. The zero-order valence-corrected chi connectivity index (χ0v) is 14.0. The van der Waals surface area contributed by atoms with Crippen LogP contribution in [0.2, 0.25) is 0 Å². The minimum absolute atomic E-state index is 0.0982. The van der Waals surface area contributed by atoms with Crippen molar-refractivity contribution in [3.8, 4) is 11.3 Å². The van der Waals surface area contributed by atoms with Gasteiger partial charge in [0.25, 0.3) is 0 Å². The summed E-state index contributed by atoms with van der Waals surface area (Å²) in [4.78, 5) is 17.8. The number of halogens is 1. The number of amides is 1. The third kappa shape index (κ3) is 3.88. The Morgan fingerprint density at radius 1 is 1.39 bits per heavy atom. The number of rotatable bonds is 5. The topological polar surface area (TPSA) is 45.2 Å². The van der Waals surface area contributed by atoms with E-state index in [1.807, 2.05) is 11.4 Å². The van der Waals surface area contributed by atoms with Crippen LogP contribution in [0, 0.1) is 5.82 Å². The van der Waals surface area contributed by atoms with Crippen molar-refractivity contribution in [1.82, 2.24) is 10.3 Å². The Morgan fingerprint density at radius 2 is 2.17 bits per heavy atom. The lowest BCUT2D eigenvalue weighted by Gasteiger charge is -2.12. The summed E-state index contributed by atoms with van der Waals surface area (Å²) >= 11 is 1.61. The van der Waals surface area contributed by atoms with Gasteiger partial charge >= 0.3 is 0 Å². The number of hydrogen-bond donors (Lipinski definition) is 1. The number of hydrogen-bond acceptors (Lipinski definition) is 4. The van der Waals surface area contributed by atoms with E-state index >= 15 is 0 Å². The number of aromatic nitrogens is 1. The number of carbonyl (C=O) groups excluding carboxylic acids is 1. The first kappa shape index (κ1) is 15.9. The van der Waals surface area contributed by atoms with Crippen molar-refractivity contribution in [3.05, 3.63) is 35.0 Å². The molecule has 1 aliphatic rings. The van der Waals surface area contributed by atoms with Crippen LogP contribution < -0.4 is 10.2 Å². The molecule has 2 aromatic rings. The van der Waals surface area contributed by atoms with E-state index in [4.69, 9.17) is 0 Å². The summed E-state index contributed by atoms with van der Waals surface area (Å²) < 4.78 is 14.2. The Kier molecular flexibility index (Phi) is 4.91. The van der Waals surface area contributed by atoms with Gasteiger partial charge in [0, 0.05) is 37.5 Å². The summed E-state index contributed by atoms with van der Waals surface area (Å²) in [5.74, 6) is -0.345. The summed E-state index contributed by atoms with van der Waals surface area (Å²) in [7, 11) is 0. The van der Waals surface area contributed by atoms with Gasteiger partial charge in [-0.15, -0.1) is 11.3 Å². The first-order valence-corrected chi connectivity index (χ1v) is 8.75. The van der Waals surface area contributed by atoms with E-state index in [2.05, 4.69) is 15.2 Å². The van der Waals surface area contributed by atoms with Gasteiger partial charge in [0.15, 0.2) is 5.13 Å². The molecule has 1 saturated heterocycles. The van der Waals surface area contributed by atoms with Crippen molar-refractivity contribution in [2.24, 2.45) is 0 Å². The van der Waals surface area contributed by atoms with Gasteiger partial charge in [-0.25, -0.2) is 9.37 Å². The zero-order chi connectivity index (χ0) is 16.2. The molecular weight excluding hydrogens is 313 g/mol. The zero-order valence-electron chi connectivity index (χ0n) is 13.1. The molecule has 0 saturated carbocycles. The average molecular weight is 333 g/mol. The Balaban J connectivity index is 1.70. The van der Waals surface area contributed by atoms with E-state index in [0.29, 0.717) is 18.5 Å². The number of nitrogens with one attached hydrogen (secondary N) is 1. The highest BCUT2D eigenvalue weighted by Crippen LogP contribution is 2.30. The van der Waals surface area contributed by atoms with Crippen LogP contribution in [0.25, 0.3) is 11.3 Å². The summed E-state index contributed by atoms with van der Waals surface area (Å²) in [6.45, 7) is 4.02. The Bertz CT molecular complexity index is 695. The van der Waals surface area contributed by atoms with Crippen LogP contribution in [-0.4, -0.2) is 30.5 Å². The van der Waals surface area contributed by atoms with Gasteiger partial charge in [-0.2, -0.15) is 0 Å². The molecule has 23 heavy (non-hydrogen) atoms. The van der Waals surface area contributed by atoms with E-state index < -0.39 is 0 Å². The van der Waals surface area contributed by atoms with Gasteiger partial charge in [-0.05, 0) is 30.9 Å². The molecule has 1 aromatic heterocycles. The van der Waals surface area contributed by atoms with Crippen molar-refractivity contribution >= 4 is 22.4 Å². The minimum atomic E-state index is -0.247. The fraction of sp³-hybridized carbons (Fsp3) is 0.412. The van der Waals surface area contributed by atoms with Gasteiger partial charge in [-0.3, -0.25) is 4.79 Å². The molecule has 0 aliphatic carbocycles. The van der Waals surface area contributed by atoms with Crippen LogP contribution in [-0.2, 0) is 11.2 Å². The molecule has 1 aliphatic heterocycles. The van der Waals surface area contributed by atoms with Crippen LogP contribution in [0.5, 0.6) is 0 Å². The van der Waals surface area contributed by atoms with Gasteiger partial charge in [0.1, 0.15) is 5.82 Å². The summed E-state index contributed by atoms with van der Waals surface area (Å²) in [5.41, 5.74) is 2.23. The molecule has 0 radical (unpaired) electrons. The number of benzene rings is 1. The molecule has 0 unspecified atom stereocenters. The quantitative estimate of drug-likeness (QED) is 0.914. The van der Waals surface area contributed by atoms with Crippen molar-refractivity contribution in [1.29, 1.82) is 0 Å². The number of anilines is 1. The number of nitrogens with zero attached hydrogens (tertiary/aromatic N) is 2. The summed E-state index contributed by atoms with van der Waals surface area (Å²) in [6, 6.07) is 5.21. The summed E-state index contributed by atoms with van der Waals surface area (Å²) in [5, 5.41) is 5.69. The second-order valence-corrected chi connectivity index (χ2v) is 6.59. The highest BCUT2D eigenvalue weighted by atomic mass is 32.1. The van der Waals surface area contributed by atoms with Gasteiger partial charge in [0.2, 0.25) is 5.91 Å². The van der Waals surface area contributed by atoms with Crippen LogP contribution in [0.1, 0.15) is 25.3 Å². The van der Waals surface area contributed by atoms with Crippen LogP contribution in [0.3, 0.4) is 0 Å². The minimum Gasteiger partial charge on any atom is -0.356 e. The molecule has 1 aromatic carbocycles. The molecule has 6 heteroatoms. The van der Waals surface area contributed by atoms with Crippen molar-refractivity contribution in [3.63, 3.8) is 0 Å². The van der Waals surface area contributed by atoms with Gasteiger partial charge in [-0.1, -0.05) is 12.1 Å². The van der Waals surface area contributed by atoms with E-state index in [9.17, 15) is 9.18 Å². The fourth-order valence-corrected chi connectivity index (χ4v) is 3.62. The predicted molar refractivity (Wildman–Crippen MR) is 91.3 cm³/mol. The maximum atomic E-state index is 14.2. The molecule has 3 rings (SSSR count). The third-order valence-corrected chi connectivity index (χ3v) is 4.89. The van der Waals surface area contributed by atoms with Crippen molar-refractivity contribution < 1.29 is 9.18 Å². The fourth-order valence-electron chi connectivity index (χ4n) is 2.73. The Hall–Kier alpha value is -1.95. The highest BCUT2D eigenvalue weighted by molar-refractivity contribution is 7.14. The second-order valence-electron chi connectivity index (χ2n) is 5.75. The molecule has 1 N–H and O–H groups in total. The standard InChI is InChI=1S/C17H20FN3OS/c1-12(22)19-7-6-13-4-5-14(10-15(13)18)16-11-23-17(20-16)21-8-2-3-9-21/h4-5,10-11H,2-3,6-9H2,1H3,(H,19,22). The smallest absolute Gasteiger partial charge is 0.216 e. The van der Waals surface area contributed by atoms with E-state index in [1.165, 1.54) is 25.8 Å². The predicted octanol–water partition coefficient (Wildman–Crippen LogP) is 3.23. The molecule has 2 heterocycles. The molecule has 0 spiro atoms. The molecule has 0 bridgehead atoms. The van der Waals surface area contributed by atoms with Crippen molar-refractivity contribution in [2.75, 3.05) is 24.5 Å². The molecule has 1 amide bonds. The number of thiazole rings is 1. The monoisotopic (exact) mass is 333 g/mol. The molecule has 1 fully saturated rings. The summed E-state index contributed by atoms with van der Waals surface area (Å²) in [6.07, 6.45) is 2.92. The van der Waals surface area contributed by atoms with Gasteiger partial charge < -0.3 is 10.2 Å². The Labute approximate surface area is 139 Å². The molecule has 122 valence electrons. The lowest BCUT2D eigenvalue weighted by Crippen LogP contribution is -2.22. The maximum Gasteiger partial charge on any atom is 0.216 e. The molecule has 4 nitrogen and oxygen atoms in total. The van der Waals surface area contributed by atoms with Crippen molar-refractivity contribution in [2.45, 2.75) is 26.2 Å². The van der Waals surface area contributed by atoms with Crippen LogP contribution >= 0.6 is 11.3 Å². The van der Waals surface area contributed by atoms with Crippen LogP contribution in [0.4, 0.5) is 9.52 Å². The SMILES string of the molecule is CC(=O)NCCc1ccc(-c2csc(N3CCCC3)n2)cc1F. The van der Waals surface area contributed by atoms with E-state index in [1.54, 1.807) is 17.4 Å². The molecule has 0 atom stereocenters. The molecular formula is C17H20FN3OS. The lowest BCUT2D eigenvalue weighted by atomic mass is 10.1. The highest BCUT2D eigenvalue weighted by Gasteiger charge is 2.16. The lowest BCUT2D eigenvalue weighted by molar-refractivity contribution is -0.118. The number of carbonyl (C=O) groups is 1. The third-order valence-electron chi connectivity index (χ3n) is 3.99. The second kappa shape index (κ2) is 7.08. The normalized spacial score (nSPS) is 14.3. The maximum absolute atomic E-state index is 14.2. The van der Waals surface area contributed by atoms with E-state index in [-0.39, 0.29) is 11.7 Å². The first-order chi connectivity index (χ1) is 11.1. The average Bonchev–Trinajstić information content (AvgIpc) is 3.19. The first-order valence-electron chi connectivity index (χ1n) is 7.87. The van der Waals surface area contributed by atoms with E-state index in [0.717, 1.165) is 29.5 Å². The Morgan fingerprint density at radius 3 is 2.87 bits per heavy atom. The van der Waals surface area contributed by atoms with Crippen LogP contribution in [0.15, 0.2) is 23.6 Å².